The third-order valence-electron chi connectivity index (χ3n) is 3.97. The monoisotopic (exact) mass is 447 g/mol. The van der Waals surface area contributed by atoms with Crippen LogP contribution in [0.5, 0.6) is 11.5 Å². The highest BCUT2D eigenvalue weighted by Gasteiger charge is 2.18. The Morgan fingerprint density at radius 3 is 2.44 bits per heavy atom. The molecule has 0 N–H and O–H groups in total. The number of ether oxygens (including phenoxy) is 2. The summed E-state index contributed by atoms with van der Waals surface area (Å²) in [4.78, 5) is 14.2. The molecule has 27 heavy (non-hydrogen) atoms. The van der Waals surface area contributed by atoms with Crippen molar-refractivity contribution in [3.63, 3.8) is 0 Å². The SMILES string of the molecule is COc1ccc(CC(=O)N(C)c2nnc(-c3ccc(Br)cc3)s2)cc1OC. The molecule has 6 nitrogen and oxygen atoms in total. The molecule has 0 atom stereocenters. The number of anilines is 1. The minimum Gasteiger partial charge on any atom is -0.493 e. The number of carbonyl (C=O) groups excluding carboxylic acids is 1. The van der Waals surface area contributed by atoms with Gasteiger partial charge in [-0.15, -0.1) is 10.2 Å². The van der Waals surface area contributed by atoms with Gasteiger partial charge in [-0.2, -0.15) is 0 Å². The highest BCUT2D eigenvalue weighted by molar-refractivity contribution is 9.10. The fourth-order valence-electron chi connectivity index (χ4n) is 2.45. The molecule has 1 aromatic heterocycles. The third-order valence-corrected chi connectivity index (χ3v) is 5.55. The predicted molar refractivity (Wildman–Crippen MR) is 110 cm³/mol. The van der Waals surface area contributed by atoms with Crippen LogP contribution in [0.25, 0.3) is 10.6 Å². The number of likely N-dealkylation sites (N-methyl/N-ethyl adjacent to an activating group) is 1. The summed E-state index contributed by atoms with van der Waals surface area (Å²) in [5.74, 6) is 1.14. The zero-order valence-corrected chi connectivity index (χ0v) is 17.5. The lowest BCUT2D eigenvalue weighted by atomic mass is 10.1. The minimum absolute atomic E-state index is 0.0827. The van der Waals surface area contributed by atoms with Gasteiger partial charge in [-0.1, -0.05) is 45.5 Å². The molecule has 0 saturated carbocycles. The highest BCUT2D eigenvalue weighted by atomic mass is 79.9. The molecule has 0 unspecified atom stereocenters. The predicted octanol–water partition coefficient (Wildman–Crippen LogP) is 4.19. The standard InChI is InChI=1S/C19H18BrN3O3S/c1-23(17(24)11-12-4-9-15(25-2)16(10-12)26-3)19-22-21-18(27-19)13-5-7-14(20)8-6-13/h4-10H,11H2,1-3H3. The van der Waals surface area contributed by atoms with Crippen LogP contribution in [0.1, 0.15) is 5.56 Å². The molecule has 0 fully saturated rings. The number of hydrogen-bond donors (Lipinski definition) is 0. The number of amides is 1. The van der Waals surface area contributed by atoms with E-state index in [1.807, 2.05) is 30.3 Å². The van der Waals surface area contributed by atoms with E-state index in [0.29, 0.717) is 16.6 Å². The number of benzene rings is 2. The van der Waals surface area contributed by atoms with Gasteiger partial charge in [0.2, 0.25) is 11.0 Å². The van der Waals surface area contributed by atoms with E-state index in [0.717, 1.165) is 20.6 Å². The van der Waals surface area contributed by atoms with Gasteiger partial charge < -0.3 is 9.47 Å². The molecular weight excluding hydrogens is 430 g/mol. The molecule has 1 amide bonds. The molecule has 0 bridgehead atoms. The normalized spacial score (nSPS) is 10.5. The Balaban J connectivity index is 1.73. The van der Waals surface area contributed by atoms with Gasteiger partial charge in [-0.25, -0.2) is 0 Å². The lowest BCUT2D eigenvalue weighted by Gasteiger charge is -2.14. The van der Waals surface area contributed by atoms with Gasteiger partial charge in [0.05, 0.1) is 20.6 Å². The maximum Gasteiger partial charge on any atom is 0.232 e. The zero-order chi connectivity index (χ0) is 19.4. The Labute approximate surface area is 169 Å². The average Bonchev–Trinajstić information content (AvgIpc) is 3.17. The van der Waals surface area contributed by atoms with Crippen molar-refractivity contribution in [1.29, 1.82) is 0 Å². The van der Waals surface area contributed by atoms with Crippen molar-refractivity contribution in [2.45, 2.75) is 6.42 Å². The van der Waals surface area contributed by atoms with Crippen LogP contribution in [-0.2, 0) is 11.2 Å². The van der Waals surface area contributed by atoms with Gasteiger partial charge in [0.25, 0.3) is 0 Å². The first kappa shape index (κ1) is 19.3. The number of nitrogens with zero attached hydrogens (tertiary/aromatic N) is 3. The number of methoxy groups -OCH3 is 2. The van der Waals surface area contributed by atoms with Gasteiger partial charge in [-0.05, 0) is 29.8 Å². The molecule has 140 valence electrons. The van der Waals surface area contributed by atoms with Crippen molar-refractivity contribution in [2.75, 3.05) is 26.2 Å². The van der Waals surface area contributed by atoms with Crippen LogP contribution in [-0.4, -0.2) is 37.4 Å². The van der Waals surface area contributed by atoms with E-state index in [9.17, 15) is 4.79 Å². The lowest BCUT2D eigenvalue weighted by Crippen LogP contribution is -2.27. The molecule has 0 aliphatic carbocycles. The van der Waals surface area contributed by atoms with E-state index in [-0.39, 0.29) is 12.3 Å². The average molecular weight is 448 g/mol. The fraction of sp³-hybridized carbons (Fsp3) is 0.211. The molecule has 1 heterocycles. The number of rotatable bonds is 6. The van der Waals surface area contributed by atoms with E-state index in [4.69, 9.17) is 9.47 Å². The van der Waals surface area contributed by atoms with Crippen LogP contribution in [0.3, 0.4) is 0 Å². The molecule has 0 spiro atoms. The summed E-state index contributed by atoms with van der Waals surface area (Å²) in [7, 11) is 4.85. The van der Waals surface area contributed by atoms with E-state index >= 15 is 0 Å². The first-order chi connectivity index (χ1) is 13.0. The second-order valence-corrected chi connectivity index (χ2v) is 7.59. The number of hydrogen-bond acceptors (Lipinski definition) is 6. The van der Waals surface area contributed by atoms with Crippen LogP contribution >= 0.6 is 27.3 Å². The molecule has 8 heteroatoms. The number of halogens is 1. The molecule has 0 radical (unpaired) electrons. The molecule has 3 aromatic rings. The summed E-state index contributed by atoms with van der Waals surface area (Å²) in [5.41, 5.74) is 1.80. The Kier molecular flexibility index (Phi) is 6.08. The van der Waals surface area contributed by atoms with Gasteiger partial charge in [0, 0.05) is 17.1 Å². The van der Waals surface area contributed by atoms with Gasteiger partial charge in [0.15, 0.2) is 11.5 Å². The topological polar surface area (TPSA) is 64.5 Å². The van der Waals surface area contributed by atoms with Crippen LogP contribution < -0.4 is 14.4 Å². The molecule has 0 aliphatic heterocycles. The Bertz CT molecular complexity index is 944. The van der Waals surface area contributed by atoms with Gasteiger partial charge in [0.1, 0.15) is 5.01 Å². The van der Waals surface area contributed by atoms with Crippen LogP contribution in [0.4, 0.5) is 5.13 Å². The second kappa shape index (κ2) is 8.49. The van der Waals surface area contributed by atoms with Crippen LogP contribution in [0.2, 0.25) is 0 Å². The molecular formula is C19H18BrN3O3S. The Morgan fingerprint density at radius 2 is 1.78 bits per heavy atom. The third kappa shape index (κ3) is 4.45. The summed E-state index contributed by atoms with van der Waals surface area (Å²) in [5, 5.41) is 9.68. The van der Waals surface area contributed by atoms with E-state index in [1.165, 1.54) is 16.2 Å². The Hall–Kier alpha value is -2.45. The maximum atomic E-state index is 12.6. The van der Waals surface area contributed by atoms with Crippen molar-refractivity contribution in [3.8, 4) is 22.1 Å². The highest BCUT2D eigenvalue weighted by Crippen LogP contribution is 2.30. The molecule has 0 aliphatic rings. The fourth-order valence-corrected chi connectivity index (χ4v) is 3.54. The second-order valence-electron chi connectivity index (χ2n) is 5.72. The van der Waals surface area contributed by atoms with Crippen molar-refractivity contribution < 1.29 is 14.3 Å². The van der Waals surface area contributed by atoms with E-state index in [1.54, 1.807) is 33.4 Å². The van der Waals surface area contributed by atoms with Crippen molar-refractivity contribution >= 4 is 38.3 Å². The first-order valence-electron chi connectivity index (χ1n) is 8.08. The summed E-state index contributed by atoms with van der Waals surface area (Å²) in [6, 6.07) is 13.3. The summed E-state index contributed by atoms with van der Waals surface area (Å²) >= 11 is 4.79. The van der Waals surface area contributed by atoms with Gasteiger partial charge >= 0.3 is 0 Å². The number of carbonyl (C=O) groups is 1. The molecule has 2 aromatic carbocycles. The summed E-state index contributed by atoms with van der Waals surface area (Å²) < 4.78 is 11.5. The van der Waals surface area contributed by atoms with Crippen LogP contribution in [0, 0.1) is 0 Å². The van der Waals surface area contributed by atoms with Gasteiger partial charge in [-0.3, -0.25) is 9.69 Å². The molecule has 0 saturated heterocycles. The smallest absolute Gasteiger partial charge is 0.232 e. The van der Waals surface area contributed by atoms with E-state index in [2.05, 4.69) is 26.1 Å². The lowest BCUT2D eigenvalue weighted by molar-refractivity contribution is -0.117. The first-order valence-corrected chi connectivity index (χ1v) is 9.69. The van der Waals surface area contributed by atoms with E-state index < -0.39 is 0 Å². The molecule has 3 rings (SSSR count). The largest absolute Gasteiger partial charge is 0.493 e. The minimum atomic E-state index is -0.0827. The van der Waals surface area contributed by atoms with Crippen molar-refractivity contribution in [2.24, 2.45) is 0 Å². The number of aromatic nitrogens is 2. The van der Waals surface area contributed by atoms with Crippen molar-refractivity contribution in [1.82, 2.24) is 10.2 Å². The maximum absolute atomic E-state index is 12.6. The van der Waals surface area contributed by atoms with Crippen LogP contribution in [0.15, 0.2) is 46.9 Å². The zero-order valence-electron chi connectivity index (χ0n) is 15.1. The quantitative estimate of drug-likeness (QED) is 0.566. The summed E-state index contributed by atoms with van der Waals surface area (Å²) in [6.45, 7) is 0. The van der Waals surface area contributed by atoms with Crippen molar-refractivity contribution in [3.05, 3.63) is 52.5 Å². The summed E-state index contributed by atoms with van der Waals surface area (Å²) in [6.07, 6.45) is 0.226. The Morgan fingerprint density at radius 1 is 1.07 bits per heavy atom.